The summed E-state index contributed by atoms with van der Waals surface area (Å²) in [6.45, 7) is 2.00. The van der Waals surface area contributed by atoms with E-state index in [1.807, 2.05) is 0 Å². The van der Waals surface area contributed by atoms with E-state index in [4.69, 9.17) is 5.73 Å². The van der Waals surface area contributed by atoms with Crippen LogP contribution in [0.5, 0.6) is 0 Å². The molecule has 1 aromatic rings. The molecule has 1 heterocycles. The van der Waals surface area contributed by atoms with Crippen LogP contribution < -0.4 is 5.73 Å². The Morgan fingerprint density at radius 3 is 2.77 bits per heavy atom. The van der Waals surface area contributed by atoms with Gasteiger partial charge in [-0.25, -0.2) is 8.42 Å². The van der Waals surface area contributed by atoms with Crippen molar-refractivity contribution < 1.29 is 8.42 Å². The Hall–Kier alpha value is -1.04. The molecule has 74 valence electrons. The van der Waals surface area contributed by atoms with Gasteiger partial charge in [-0.2, -0.15) is 5.10 Å². The van der Waals surface area contributed by atoms with Crippen LogP contribution in [0.3, 0.4) is 0 Å². The van der Waals surface area contributed by atoms with Gasteiger partial charge in [0.2, 0.25) is 0 Å². The Bertz CT molecular complexity index is 369. The van der Waals surface area contributed by atoms with Crippen LogP contribution in [0.25, 0.3) is 0 Å². The van der Waals surface area contributed by atoms with Crippen LogP contribution in [0.1, 0.15) is 6.92 Å². The number of sulfone groups is 1. The highest BCUT2D eigenvalue weighted by molar-refractivity contribution is 7.91. The van der Waals surface area contributed by atoms with Crippen LogP contribution in [-0.4, -0.2) is 29.7 Å². The largest absolute Gasteiger partial charge is 0.396 e. The highest BCUT2D eigenvalue weighted by Gasteiger charge is 2.07. The molecule has 0 saturated carbocycles. The minimum Gasteiger partial charge on any atom is -0.396 e. The Morgan fingerprint density at radius 2 is 2.31 bits per heavy atom. The number of anilines is 1. The summed E-state index contributed by atoms with van der Waals surface area (Å²) in [5, 5.41) is 3.88. The lowest BCUT2D eigenvalue weighted by molar-refractivity contribution is 0.582. The molecule has 0 amide bonds. The third-order valence-electron chi connectivity index (χ3n) is 1.72. The van der Waals surface area contributed by atoms with Crippen molar-refractivity contribution in [2.75, 3.05) is 17.2 Å². The normalized spacial score (nSPS) is 11.8. The van der Waals surface area contributed by atoms with Crippen molar-refractivity contribution in [3.63, 3.8) is 0 Å². The molecule has 0 aliphatic carbocycles. The molecular weight excluding hydrogens is 190 g/mol. The van der Waals surface area contributed by atoms with Gasteiger partial charge in [0.1, 0.15) is 0 Å². The first-order chi connectivity index (χ1) is 6.03. The van der Waals surface area contributed by atoms with Crippen LogP contribution in [0.4, 0.5) is 5.69 Å². The van der Waals surface area contributed by atoms with Gasteiger partial charge in [-0.1, -0.05) is 6.92 Å². The van der Waals surface area contributed by atoms with E-state index in [-0.39, 0.29) is 11.5 Å². The first-order valence-corrected chi connectivity index (χ1v) is 5.84. The summed E-state index contributed by atoms with van der Waals surface area (Å²) in [6.07, 6.45) is 3.11. The molecule has 0 aromatic carbocycles. The smallest absolute Gasteiger partial charge is 0.151 e. The van der Waals surface area contributed by atoms with Crippen molar-refractivity contribution >= 4 is 15.5 Å². The topological polar surface area (TPSA) is 78.0 Å². The number of nitrogen functional groups attached to an aromatic ring is 1. The molecule has 0 atom stereocenters. The maximum absolute atomic E-state index is 11.1. The van der Waals surface area contributed by atoms with Crippen LogP contribution in [0, 0.1) is 0 Å². The minimum absolute atomic E-state index is 0.116. The quantitative estimate of drug-likeness (QED) is 0.741. The SMILES string of the molecule is CCS(=O)(=O)CCn1cc(N)cn1. The number of aromatic nitrogens is 2. The van der Waals surface area contributed by atoms with Crippen LogP contribution in [-0.2, 0) is 16.4 Å². The molecule has 0 bridgehead atoms. The van der Waals surface area contributed by atoms with Gasteiger partial charge in [0.15, 0.2) is 9.84 Å². The molecule has 0 spiro atoms. The predicted molar refractivity (Wildman–Crippen MR) is 51.0 cm³/mol. The zero-order valence-electron chi connectivity index (χ0n) is 7.47. The van der Waals surface area contributed by atoms with E-state index >= 15 is 0 Å². The summed E-state index contributed by atoms with van der Waals surface area (Å²) in [5.41, 5.74) is 5.97. The van der Waals surface area contributed by atoms with Crippen molar-refractivity contribution in [2.45, 2.75) is 13.5 Å². The molecule has 2 N–H and O–H groups in total. The lowest BCUT2D eigenvalue weighted by Gasteiger charge is -2.00. The van der Waals surface area contributed by atoms with Crippen molar-refractivity contribution in [3.8, 4) is 0 Å². The number of hydrogen-bond acceptors (Lipinski definition) is 4. The lowest BCUT2D eigenvalue weighted by atomic mass is 10.6. The van der Waals surface area contributed by atoms with Gasteiger partial charge in [-0.15, -0.1) is 0 Å². The monoisotopic (exact) mass is 203 g/mol. The summed E-state index contributed by atoms with van der Waals surface area (Å²) >= 11 is 0. The standard InChI is InChI=1S/C7H13N3O2S/c1-2-13(11,12)4-3-10-6-7(8)5-9-10/h5-6H,2-4,8H2,1H3. The summed E-state index contributed by atoms with van der Waals surface area (Å²) < 4.78 is 23.7. The number of rotatable bonds is 4. The molecule has 0 unspecified atom stereocenters. The molecule has 0 saturated heterocycles. The average molecular weight is 203 g/mol. The van der Waals surface area contributed by atoms with Gasteiger partial charge in [0.05, 0.1) is 24.2 Å². The van der Waals surface area contributed by atoms with E-state index < -0.39 is 9.84 Å². The Kier molecular flexibility index (Phi) is 2.92. The first kappa shape index (κ1) is 10.0. The maximum Gasteiger partial charge on any atom is 0.151 e. The van der Waals surface area contributed by atoms with E-state index in [1.165, 1.54) is 10.9 Å². The lowest BCUT2D eigenvalue weighted by Crippen LogP contribution is -2.14. The molecule has 0 radical (unpaired) electrons. The highest BCUT2D eigenvalue weighted by Crippen LogP contribution is 1.99. The molecule has 1 aromatic heterocycles. The van der Waals surface area contributed by atoms with Gasteiger partial charge in [0.25, 0.3) is 0 Å². The summed E-state index contributed by atoms with van der Waals surface area (Å²) in [5.74, 6) is 0.286. The fourth-order valence-corrected chi connectivity index (χ4v) is 1.63. The molecule has 13 heavy (non-hydrogen) atoms. The number of aryl methyl sites for hydroxylation is 1. The van der Waals surface area contributed by atoms with Crippen molar-refractivity contribution in [1.29, 1.82) is 0 Å². The molecule has 6 heteroatoms. The average Bonchev–Trinajstić information content (AvgIpc) is 2.48. The zero-order chi connectivity index (χ0) is 9.90. The van der Waals surface area contributed by atoms with E-state index in [2.05, 4.69) is 5.10 Å². The Morgan fingerprint density at radius 1 is 1.62 bits per heavy atom. The summed E-state index contributed by atoms with van der Waals surface area (Å²) in [6, 6.07) is 0. The summed E-state index contributed by atoms with van der Waals surface area (Å²) in [4.78, 5) is 0. The van der Waals surface area contributed by atoms with Gasteiger partial charge < -0.3 is 5.73 Å². The second-order valence-electron chi connectivity index (χ2n) is 2.77. The van der Waals surface area contributed by atoms with Crippen LogP contribution >= 0.6 is 0 Å². The van der Waals surface area contributed by atoms with Gasteiger partial charge in [-0.05, 0) is 0 Å². The number of hydrogen-bond donors (Lipinski definition) is 1. The second kappa shape index (κ2) is 3.78. The fraction of sp³-hybridized carbons (Fsp3) is 0.571. The predicted octanol–water partition coefficient (Wildman–Crippen LogP) is -0.100. The maximum atomic E-state index is 11.1. The minimum atomic E-state index is -2.91. The highest BCUT2D eigenvalue weighted by atomic mass is 32.2. The van der Waals surface area contributed by atoms with E-state index in [0.717, 1.165) is 0 Å². The molecule has 1 rings (SSSR count). The number of nitrogens with two attached hydrogens (primary N) is 1. The van der Waals surface area contributed by atoms with Crippen LogP contribution in [0.2, 0.25) is 0 Å². The van der Waals surface area contributed by atoms with E-state index in [1.54, 1.807) is 13.1 Å². The van der Waals surface area contributed by atoms with E-state index in [9.17, 15) is 8.42 Å². The molecule has 0 aliphatic rings. The molecular formula is C7H13N3O2S. The molecule has 0 fully saturated rings. The Labute approximate surface area is 77.5 Å². The Balaban J connectivity index is 2.53. The van der Waals surface area contributed by atoms with Gasteiger partial charge >= 0.3 is 0 Å². The first-order valence-electron chi connectivity index (χ1n) is 4.02. The number of nitrogens with zero attached hydrogens (tertiary/aromatic N) is 2. The zero-order valence-corrected chi connectivity index (χ0v) is 8.29. The third-order valence-corrected chi connectivity index (χ3v) is 3.41. The van der Waals surface area contributed by atoms with Crippen molar-refractivity contribution in [3.05, 3.63) is 12.4 Å². The van der Waals surface area contributed by atoms with Crippen molar-refractivity contribution in [1.82, 2.24) is 9.78 Å². The fourth-order valence-electron chi connectivity index (χ4n) is 0.879. The molecule has 5 nitrogen and oxygen atoms in total. The van der Waals surface area contributed by atoms with Gasteiger partial charge in [0, 0.05) is 11.9 Å². The third kappa shape index (κ3) is 3.06. The van der Waals surface area contributed by atoms with Gasteiger partial charge in [-0.3, -0.25) is 4.68 Å². The van der Waals surface area contributed by atoms with E-state index in [0.29, 0.717) is 12.2 Å². The van der Waals surface area contributed by atoms with Crippen LogP contribution in [0.15, 0.2) is 12.4 Å². The molecule has 0 aliphatic heterocycles. The second-order valence-corrected chi connectivity index (χ2v) is 5.25. The summed E-state index contributed by atoms with van der Waals surface area (Å²) in [7, 11) is -2.91. The van der Waals surface area contributed by atoms with Crippen molar-refractivity contribution in [2.24, 2.45) is 0 Å².